The molecular formula is C18H28N2O. The van der Waals surface area contributed by atoms with Gasteiger partial charge in [-0.05, 0) is 37.3 Å². The molecule has 0 radical (unpaired) electrons. The van der Waals surface area contributed by atoms with Gasteiger partial charge >= 0.3 is 0 Å². The molecule has 1 saturated carbocycles. The van der Waals surface area contributed by atoms with Crippen molar-refractivity contribution in [3.63, 3.8) is 0 Å². The molecule has 0 aromatic heterocycles. The van der Waals surface area contributed by atoms with Crippen LogP contribution in [0.5, 0.6) is 0 Å². The van der Waals surface area contributed by atoms with Crippen molar-refractivity contribution in [3.05, 3.63) is 35.9 Å². The maximum absolute atomic E-state index is 12.7. The normalized spacial score (nSPS) is 23.5. The van der Waals surface area contributed by atoms with Gasteiger partial charge in [-0.25, -0.2) is 0 Å². The van der Waals surface area contributed by atoms with Crippen molar-refractivity contribution in [2.75, 3.05) is 6.54 Å². The van der Waals surface area contributed by atoms with Crippen molar-refractivity contribution in [1.82, 2.24) is 5.32 Å². The minimum atomic E-state index is 0.104. The first kappa shape index (κ1) is 16.0. The van der Waals surface area contributed by atoms with Crippen LogP contribution in [-0.4, -0.2) is 12.5 Å². The van der Waals surface area contributed by atoms with E-state index < -0.39 is 0 Å². The molecule has 3 N–H and O–H groups in total. The Bertz CT molecular complexity index is 432. The van der Waals surface area contributed by atoms with Gasteiger partial charge in [0.05, 0.1) is 6.04 Å². The highest BCUT2D eigenvalue weighted by molar-refractivity contribution is 5.79. The number of rotatable bonds is 6. The molecule has 116 valence electrons. The zero-order chi connectivity index (χ0) is 15.1. The Balaban J connectivity index is 2.04. The predicted octanol–water partition coefficient (Wildman–Crippen LogP) is 3.41. The molecule has 0 heterocycles. The van der Waals surface area contributed by atoms with Gasteiger partial charge in [0, 0.05) is 5.92 Å². The molecule has 2 rings (SSSR count). The number of carbonyl (C=O) groups is 1. The molecule has 3 heteroatoms. The summed E-state index contributed by atoms with van der Waals surface area (Å²) in [6.45, 7) is 2.78. The third kappa shape index (κ3) is 4.31. The number of hydrogen-bond donors (Lipinski definition) is 2. The molecular weight excluding hydrogens is 260 g/mol. The molecule has 1 fully saturated rings. The van der Waals surface area contributed by atoms with Gasteiger partial charge in [-0.2, -0.15) is 0 Å². The van der Waals surface area contributed by atoms with Gasteiger partial charge in [-0.3, -0.25) is 4.79 Å². The van der Waals surface area contributed by atoms with Crippen LogP contribution in [0.3, 0.4) is 0 Å². The molecule has 1 aliphatic carbocycles. The summed E-state index contributed by atoms with van der Waals surface area (Å²) < 4.78 is 0. The molecule has 0 spiro atoms. The first-order chi connectivity index (χ1) is 10.3. The Hall–Kier alpha value is -1.35. The summed E-state index contributed by atoms with van der Waals surface area (Å²) >= 11 is 0. The van der Waals surface area contributed by atoms with E-state index in [1.54, 1.807) is 0 Å². The van der Waals surface area contributed by atoms with Gasteiger partial charge in [-0.1, -0.05) is 56.5 Å². The topological polar surface area (TPSA) is 55.1 Å². The molecule has 21 heavy (non-hydrogen) atoms. The number of benzene rings is 1. The van der Waals surface area contributed by atoms with Crippen LogP contribution >= 0.6 is 0 Å². The van der Waals surface area contributed by atoms with Gasteiger partial charge in [0.1, 0.15) is 0 Å². The second kappa shape index (κ2) is 8.18. The predicted molar refractivity (Wildman–Crippen MR) is 86.7 cm³/mol. The lowest BCUT2D eigenvalue weighted by Crippen LogP contribution is -2.41. The molecule has 0 bridgehead atoms. The highest BCUT2D eigenvalue weighted by Crippen LogP contribution is 2.30. The molecule has 3 nitrogen and oxygen atoms in total. The van der Waals surface area contributed by atoms with E-state index in [-0.39, 0.29) is 17.9 Å². The summed E-state index contributed by atoms with van der Waals surface area (Å²) in [6.07, 6.45) is 6.49. The average molecular weight is 288 g/mol. The third-order valence-corrected chi connectivity index (χ3v) is 4.64. The first-order valence-electron chi connectivity index (χ1n) is 8.31. The smallest absolute Gasteiger partial charge is 0.223 e. The standard InChI is InChI=1S/C18H28N2O/c1-2-8-17(14-9-4-3-5-10-14)20-18(21)16-12-7-6-11-15(16)13-19/h3-5,9-10,15-17H,2,6-8,11-13,19H2,1H3,(H,20,21). The van der Waals surface area contributed by atoms with Crippen molar-refractivity contribution in [3.8, 4) is 0 Å². The van der Waals surface area contributed by atoms with E-state index in [2.05, 4.69) is 24.4 Å². The SMILES string of the molecule is CCCC(NC(=O)C1CCCCC1CN)c1ccccc1. The van der Waals surface area contributed by atoms with Gasteiger partial charge in [-0.15, -0.1) is 0 Å². The van der Waals surface area contributed by atoms with Crippen LogP contribution < -0.4 is 11.1 Å². The Kier molecular flexibility index (Phi) is 6.24. The van der Waals surface area contributed by atoms with Crippen LogP contribution in [0, 0.1) is 11.8 Å². The summed E-state index contributed by atoms with van der Waals surface area (Å²) in [6, 6.07) is 10.4. The van der Waals surface area contributed by atoms with E-state index in [9.17, 15) is 4.79 Å². The van der Waals surface area contributed by atoms with Gasteiger partial charge in [0.2, 0.25) is 5.91 Å². The minimum absolute atomic E-state index is 0.104. The maximum Gasteiger partial charge on any atom is 0.223 e. The van der Waals surface area contributed by atoms with Crippen molar-refractivity contribution in [2.45, 2.75) is 51.5 Å². The highest BCUT2D eigenvalue weighted by Gasteiger charge is 2.31. The van der Waals surface area contributed by atoms with E-state index in [4.69, 9.17) is 5.73 Å². The van der Waals surface area contributed by atoms with Crippen LogP contribution in [0.25, 0.3) is 0 Å². The number of nitrogens with two attached hydrogens (primary N) is 1. The third-order valence-electron chi connectivity index (χ3n) is 4.64. The fraction of sp³-hybridized carbons (Fsp3) is 0.611. The summed E-state index contributed by atoms with van der Waals surface area (Å²) in [5.74, 6) is 0.663. The number of carbonyl (C=O) groups excluding carboxylic acids is 1. The highest BCUT2D eigenvalue weighted by atomic mass is 16.2. The van der Waals surface area contributed by atoms with Crippen molar-refractivity contribution < 1.29 is 4.79 Å². The number of hydrogen-bond acceptors (Lipinski definition) is 2. The number of nitrogens with one attached hydrogen (secondary N) is 1. The van der Waals surface area contributed by atoms with Crippen molar-refractivity contribution >= 4 is 5.91 Å². The quantitative estimate of drug-likeness (QED) is 0.843. The lowest BCUT2D eigenvalue weighted by Gasteiger charge is -2.31. The Labute approximate surface area is 128 Å². The lowest BCUT2D eigenvalue weighted by atomic mass is 9.78. The van der Waals surface area contributed by atoms with E-state index in [1.165, 1.54) is 12.0 Å². The van der Waals surface area contributed by atoms with Crippen molar-refractivity contribution in [1.29, 1.82) is 0 Å². The molecule has 0 saturated heterocycles. The second-order valence-electron chi connectivity index (χ2n) is 6.15. The summed E-state index contributed by atoms with van der Waals surface area (Å²) in [7, 11) is 0. The van der Waals surface area contributed by atoms with Crippen LogP contribution in [0.1, 0.15) is 57.1 Å². The summed E-state index contributed by atoms with van der Waals surface area (Å²) in [5, 5.41) is 3.27. The Morgan fingerprint density at radius 2 is 2.00 bits per heavy atom. The Morgan fingerprint density at radius 3 is 2.67 bits per heavy atom. The molecule has 1 amide bonds. The first-order valence-corrected chi connectivity index (χ1v) is 8.31. The van der Waals surface area contributed by atoms with Crippen LogP contribution in [-0.2, 0) is 4.79 Å². The second-order valence-corrected chi connectivity index (χ2v) is 6.15. The maximum atomic E-state index is 12.7. The van der Waals surface area contributed by atoms with E-state index in [0.29, 0.717) is 12.5 Å². The molecule has 3 unspecified atom stereocenters. The summed E-state index contributed by atoms with van der Waals surface area (Å²) in [5.41, 5.74) is 7.05. The molecule has 1 aromatic carbocycles. The fourth-order valence-corrected chi connectivity index (χ4v) is 3.41. The summed E-state index contributed by atoms with van der Waals surface area (Å²) in [4.78, 5) is 12.7. The minimum Gasteiger partial charge on any atom is -0.349 e. The lowest BCUT2D eigenvalue weighted by molar-refractivity contribution is -0.128. The van der Waals surface area contributed by atoms with Crippen LogP contribution in [0.4, 0.5) is 0 Å². The zero-order valence-corrected chi connectivity index (χ0v) is 13.1. The van der Waals surface area contributed by atoms with Crippen LogP contribution in [0.2, 0.25) is 0 Å². The number of amides is 1. The molecule has 1 aliphatic rings. The van der Waals surface area contributed by atoms with Gasteiger partial charge in [0.25, 0.3) is 0 Å². The average Bonchev–Trinajstić information content (AvgIpc) is 2.55. The molecule has 0 aliphatic heterocycles. The van der Waals surface area contributed by atoms with Gasteiger partial charge < -0.3 is 11.1 Å². The fourth-order valence-electron chi connectivity index (χ4n) is 3.41. The van der Waals surface area contributed by atoms with E-state index in [0.717, 1.165) is 32.1 Å². The largest absolute Gasteiger partial charge is 0.349 e. The molecule has 1 aromatic rings. The zero-order valence-electron chi connectivity index (χ0n) is 13.1. The Morgan fingerprint density at radius 1 is 1.29 bits per heavy atom. The molecule has 3 atom stereocenters. The monoisotopic (exact) mass is 288 g/mol. The van der Waals surface area contributed by atoms with E-state index >= 15 is 0 Å². The van der Waals surface area contributed by atoms with Crippen molar-refractivity contribution in [2.24, 2.45) is 17.6 Å². The van der Waals surface area contributed by atoms with E-state index in [1.807, 2.05) is 18.2 Å². The van der Waals surface area contributed by atoms with Crippen LogP contribution in [0.15, 0.2) is 30.3 Å². The van der Waals surface area contributed by atoms with Gasteiger partial charge in [0.15, 0.2) is 0 Å².